The summed E-state index contributed by atoms with van der Waals surface area (Å²) in [6.45, 7) is 4.21. The molecule has 198 valence electrons. The second kappa shape index (κ2) is 11.3. The predicted molar refractivity (Wildman–Crippen MR) is 147 cm³/mol. The minimum Gasteiger partial charge on any atom is -0.495 e. The maximum Gasteiger partial charge on any atom is 0.266 e. The van der Waals surface area contributed by atoms with E-state index in [-0.39, 0.29) is 11.5 Å². The molecule has 2 aromatic carbocycles. The number of amides is 1. The van der Waals surface area contributed by atoms with Crippen LogP contribution < -0.4 is 10.3 Å². The van der Waals surface area contributed by atoms with Crippen molar-refractivity contribution in [2.75, 3.05) is 7.11 Å². The number of carbonyl (C=O) groups excluding carboxylic acids is 1. The maximum atomic E-state index is 14.0. The lowest BCUT2D eigenvalue weighted by Gasteiger charge is -2.30. The van der Waals surface area contributed by atoms with Crippen molar-refractivity contribution < 1.29 is 13.9 Å². The summed E-state index contributed by atoms with van der Waals surface area (Å²) in [6.07, 6.45) is 7.84. The van der Waals surface area contributed by atoms with Crippen LogP contribution in [0, 0.1) is 12.8 Å². The number of ether oxygens (including phenoxy) is 1. The molecule has 38 heavy (non-hydrogen) atoms. The molecule has 7 nitrogen and oxygen atoms in total. The normalized spacial score (nSPS) is 14.6. The molecular weight excluding hydrogens is 478 g/mol. The standard InChI is InChI=1S/C31H35N3O4/c1-21-14-16-28(37-3)27(19-21)34-30(32-26-13-7-6-12-25(26)31(34)36)22(2)33(20-24-11-8-18-38-24)29(35)17-15-23-9-4-5-10-23/h6-8,11-14,16,18-19,22-23H,4-5,9-10,15,17,20H2,1-3H3. The lowest BCUT2D eigenvalue weighted by atomic mass is 10.0. The summed E-state index contributed by atoms with van der Waals surface area (Å²) in [5, 5.41) is 0.511. The third-order valence-corrected chi connectivity index (χ3v) is 7.69. The minimum atomic E-state index is -0.501. The molecule has 2 heterocycles. The van der Waals surface area contributed by atoms with Crippen molar-refractivity contribution in [2.45, 2.75) is 65.0 Å². The van der Waals surface area contributed by atoms with Crippen molar-refractivity contribution in [3.05, 3.63) is 88.4 Å². The van der Waals surface area contributed by atoms with E-state index < -0.39 is 6.04 Å². The van der Waals surface area contributed by atoms with Crippen LogP contribution in [0.25, 0.3) is 16.6 Å². The van der Waals surface area contributed by atoms with Gasteiger partial charge in [-0.1, -0.05) is 43.9 Å². The van der Waals surface area contributed by atoms with Gasteiger partial charge in [0.05, 0.1) is 42.5 Å². The van der Waals surface area contributed by atoms with Gasteiger partial charge < -0.3 is 14.1 Å². The van der Waals surface area contributed by atoms with Gasteiger partial charge in [0, 0.05) is 6.42 Å². The molecule has 0 aliphatic heterocycles. The zero-order chi connectivity index (χ0) is 26.6. The highest BCUT2D eigenvalue weighted by atomic mass is 16.5. The minimum absolute atomic E-state index is 0.0333. The molecule has 1 saturated carbocycles. The number of furan rings is 1. The Kier molecular flexibility index (Phi) is 7.63. The first-order valence-electron chi connectivity index (χ1n) is 13.4. The van der Waals surface area contributed by atoms with E-state index in [9.17, 15) is 9.59 Å². The molecule has 0 spiro atoms. The van der Waals surface area contributed by atoms with Crippen LogP contribution in [0.4, 0.5) is 0 Å². The smallest absolute Gasteiger partial charge is 0.266 e. The Labute approximate surface area is 223 Å². The quantitative estimate of drug-likeness (QED) is 0.260. The van der Waals surface area contributed by atoms with Crippen LogP contribution in [0.2, 0.25) is 0 Å². The van der Waals surface area contributed by atoms with Crippen molar-refractivity contribution in [1.29, 1.82) is 0 Å². The van der Waals surface area contributed by atoms with E-state index in [4.69, 9.17) is 14.1 Å². The number of carbonyl (C=O) groups is 1. The maximum absolute atomic E-state index is 14.0. The van der Waals surface area contributed by atoms with E-state index in [1.807, 2.05) is 62.4 Å². The fourth-order valence-electron chi connectivity index (χ4n) is 5.56. The first-order chi connectivity index (χ1) is 18.5. The highest BCUT2D eigenvalue weighted by Gasteiger charge is 2.29. The number of nitrogens with zero attached hydrogens (tertiary/aromatic N) is 3. The molecule has 0 radical (unpaired) electrons. The molecule has 0 saturated heterocycles. The molecule has 0 N–H and O–H groups in total. The molecule has 1 fully saturated rings. The number of hydrogen-bond acceptors (Lipinski definition) is 5. The number of benzene rings is 2. The summed E-state index contributed by atoms with van der Waals surface area (Å²) in [7, 11) is 1.59. The number of methoxy groups -OCH3 is 1. The summed E-state index contributed by atoms with van der Waals surface area (Å²) in [6, 6.07) is 16.2. The Morgan fingerprint density at radius 2 is 1.95 bits per heavy atom. The fraction of sp³-hybridized carbons (Fsp3) is 0.387. The van der Waals surface area contributed by atoms with E-state index in [0.29, 0.717) is 52.8 Å². The molecule has 5 rings (SSSR count). The third kappa shape index (κ3) is 5.23. The Morgan fingerprint density at radius 1 is 1.16 bits per heavy atom. The second-order valence-electron chi connectivity index (χ2n) is 10.3. The molecule has 1 aliphatic rings. The average Bonchev–Trinajstić information content (AvgIpc) is 3.64. The van der Waals surface area contributed by atoms with Gasteiger partial charge in [-0.3, -0.25) is 14.2 Å². The predicted octanol–water partition coefficient (Wildman–Crippen LogP) is 6.36. The number of hydrogen-bond donors (Lipinski definition) is 0. The Bertz CT molecular complexity index is 1470. The summed E-state index contributed by atoms with van der Waals surface area (Å²) >= 11 is 0. The fourth-order valence-corrected chi connectivity index (χ4v) is 5.56. The Balaban J connectivity index is 1.62. The molecule has 0 bridgehead atoms. The van der Waals surface area contributed by atoms with Gasteiger partial charge in [0.25, 0.3) is 5.56 Å². The Morgan fingerprint density at radius 3 is 2.68 bits per heavy atom. The molecule has 2 aromatic heterocycles. The summed E-state index contributed by atoms with van der Waals surface area (Å²) in [5.74, 6) is 2.37. The number of aryl methyl sites for hydroxylation is 1. The van der Waals surface area contributed by atoms with Crippen LogP contribution in [0.1, 0.15) is 68.6 Å². The van der Waals surface area contributed by atoms with E-state index in [2.05, 4.69) is 0 Å². The molecule has 1 aliphatic carbocycles. The highest BCUT2D eigenvalue weighted by molar-refractivity contribution is 5.79. The molecule has 1 unspecified atom stereocenters. The van der Waals surface area contributed by atoms with Crippen molar-refractivity contribution >= 4 is 16.8 Å². The lowest BCUT2D eigenvalue weighted by molar-refractivity contribution is -0.135. The van der Waals surface area contributed by atoms with Crippen LogP contribution >= 0.6 is 0 Å². The van der Waals surface area contributed by atoms with Crippen LogP contribution in [0.3, 0.4) is 0 Å². The monoisotopic (exact) mass is 513 g/mol. The van der Waals surface area contributed by atoms with Crippen molar-refractivity contribution in [3.63, 3.8) is 0 Å². The van der Waals surface area contributed by atoms with Gasteiger partial charge in [-0.05, 0) is 68.1 Å². The Hall–Kier alpha value is -3.87. The van der Waals surface area contributed by atoms with Gasteiger partial charge in [0.1, 0.15) is 17.3 Å². The van der Waals surface area contributed by atoms with Crippen LogP contribution in [0.5, 0.6) is 5.75 Å². The van der Waals surface area contributed by atoms with Crippen LogP contribution in [-0.2, 0) is 11.3 Å². The molecule has 7 heteroatoms. The zero-order valence-electron chi connectivity index (χ0n) is 22.4. The van der Waals surface area contributed by atoms with Crippen LogP contribution in [-0.4, -0.2) is 27.5 Å². The topological polar surface area (TPSA) is 77.6 Å². The van der Waals surface area contributed by atoms with Gasteiger partial charge in [0.2, 0.25) is 5.91 Å². The number of fused-ring (bicyclic) bond motifs is 1. The number of aromatic nitrogens is 2. The zero-order valence-corrected chi connectivity index (χ0v) is 22.4. The summed E-state index contributed by atoms with van der Waals surface area (Å²) in [4.78, 5) is 34.5. The van der Waals surface area contributed by atoms with Gasteiger partial charge in [-0.2, -0.15) is 0 Å². The second-order valence-corrected chi connectivity index (χ2v) is 10.3. The summed E-state index contributed by atoms with van der Waals surface area (Å²) < 4.78 is 12.9. The largest absolute Gasteiger partial charge is 0.495 e. The molecule has 1 atom stereocenters. The van der Waals surface area contributed by atoms with E-state index in [1.54, 1.807) is 28.9 Å². The van der Waals surface area contributed by atoms with Crippen molar-refractivity contribution in [1.82, 2.24) is 14.5 Å². The molecular formula is C31H35N3O4. The SMILES string of the molecule is COc1ccc(C)cc1-n1c(C(C)N(Cc2ccco2)C(=O)CCC2CCCC2)nc2ccccc2c1=O. The number of rotatable bonds is 9. The van der Waals surface area contributed by atoms with E-state index in [0.717, 1.165) is 12.0 Å². The van der Waals surface area contributed by atoms with Crippen molar-refractivity contribution in [2.24, 2.45) is 5.92 Å². The highest BCUT2D eigenvalue weighted by Crippen LogP contribution is 2.32. The number of para-hydroxylation sites is 1. The van der Waals surface area contributed by atoms with Crippen molar-refractivity contribution in [3.8, 4) is 11.4 Å². The summed E-state index contributed by atoms with van der Waals surface area (Å²) in [5.41, 5.74) is 1.99. The average molecular weight is 514 g/mol. The van der Waals surface area contributed by atoms with Gasteiger partial charge in [-0.15, -0.1) is 0 Å². The molecule has 1 amide bonds. The van der Waals surface area contributed by atoms with Crippen LogP contribution in [0.15, 0.2) is 70.1 Å². The lowest BCUT2D eigenvalue weighted by Crippen LogP contribution is -2.37. The van der Waals surface area contributed by atoms with E-state index in [1.165, 1.54) is 25.7 Å². The molecule has 4 aromatic rings. The van der Waals surface area contributed by atoms with E-state index >= 15 is 0 Å². The van der Waals surface area contributed by atoms with Gasteiger partial charge in [-0.25, -0.2) is 4.98 Å². The van der Waals surface area contributed by atoms with Gasteiger partial charge in [0.15, 0.2) is 0 Å². The third-order valence-electron chi connectivity index (χ3n) is 7.69. The van der Waals surface area contributed by atoms with Gasteiger partial charge >= 0.3 is 0 Å². The first-order valence-corrected chi connectivity index (χ1v) is 13.4. The first kappa shape index (κ1) is 25.8.